The summed E-state index contributed by atoms with van der Waals surface area (Å²) in [5, 5.41) is 8.36. The molecule has 0 unspecified atom stereocenters. The Kier molecular flexibility index (Phi) is 1.28. The van der Waals surface area contributed by atoms with Crippen LogP contribution in [0.1, 0.15) is 17.1 Å². The van der Waals surface area contributed by atoms with E-state index in [1.807, 2.05) is 0 Å². The molecule has 2 heterocycles. The van der Waals surface area contributed by atoms with Gasteiger partial charge in [0.1, 0.15) is 0 Å². The van der Waals surface area contributed by atoms with Crippen molar-refractivity contribution in [2.24, 2.45) is 5.29 Å². The van der Waals surface area contributed by atoms with Crippen molar-refractivity contribution in [3.8, 4) is 0 Å². The van der Waals surface area contributed by atoms with E-state index >= 15 is 0 Å². The van der Waals surface area contributed by atoms with E-state index in [2.05, 4.69) is 15.5 Å². The molecule has 9 heteroatoms. The highest BCUT2D eigenvalue weighted by molar-refractivity contribution is 5.01. The first-order valence-electron chi connectivity index (χ1n) is 5.66. The average Bonchev–Trinajstić information content (AvgIpc) is 2.67. The summed E-state index contributed by atoms with van der Waals surface area (Å²) in [6, 6.07) is 0. The van der Waals surface area contributed by atoms with Gasteiger partial charge in [-0.2, -0.15) is 13.2 Å². The molecule has 1 aromatic rings. The standard InChI is InChI=1S/C6H6F3N5O/c7-6(8,9)5-11-10-4-3-13(12-15)1-2-14(4)5/h1-3H2/i1D2,2D2. The minimum absolute atomic E-state index is 0.00861. The lowest BCUT2D eigenvalue weighted by atomic mass is 10.4. The number of nitroso groups, excluding NO2 is 1. The zero-order valence-corrected chi connectivity index (χ0v) is 6.99. The van der Waals surface area contributed by atoms with Crippen LogP contribution in [0.5, 0.6) is 0 Å². The fraction of sp³-hybridized carbons (Fsp3) is 0.667. The van der Waals surface area contributed by atoms with E-state index in [4.69, 9.17) is 5.48 Å². The quantitative estimate of drug-likeness (QED) is 0.663. The third-order valence-electron chi connectivity index (χ3n) is 1.66. The number of rotatable bonds is 1. The highest BCUT2D eigenvalue weighted by atomic mass is 19.4. The van der Waals surface area contributed by atoms with Crippen LogP contribution in [0.4, 0.5) is 13.2 Å². The molecule has 0 N–H and O–H groups in total. The molecular weight excluding hydrogens is 215 g/mol. The Balaban J connectivity index is 2.68. The van der Waals surface area contributed by atoms with Crippen LogP contribution in [0.25, 0.3) is 0 Å². The van der Waals surface area contributed by atoms with Gasteiger partial charge in [-0.25, -0.2) is 0 Å². The molecule has 2 rings (SSSR count). The zero-order valence-electron chi connectivity index (χ0n) is 11.0. The van der Waals surface area contributed by atoms with Gasteiger partial charge in [0.15, 0.2) is 5.82 Å². The van der Waals surface area contributed by atoms with Gasteiger partial charge in [-0.1, -0.05) is 0 Å². The van der Waals surface area contributed by atoms with Crippen LogP contribution in [0, 0.1) is 4.91 Å². The Labute approximate surface area is 87.3 Å². The minimum atomic E-state index is -4.99. The van der Waals surface area contributed by atoms with Crippen molar-refractivity contribution in [1.82, 2.24) is 19.8 Å². The molecule has 0 aliphatic carbocycles. The Morgan fingerprint density at radius 1 is 1.40 bits per heavy atom. The largest absolute Gasteiger partial charge is 0.451 e. The van der Waals surface area contributed by atoms with Crippen molar-refractivity contribution >= 4 is 0 Å². The van der Waals surface area contributed by atoms with Gasteiger partial charge >= 0.3 is 6.18 Å². The monoisotopic (exact) mass is 225 g/mol. The minimum Gasteiger partial charge on any atom is -0.304 e. The van der Waals surface area contributed by atoms with Crippen LogP contribution in [0.15, 0.2) is 5.29 Å². The maximum atomic E-state index is 12.7. The van der Waals surface area contributed by atoms with Crippen molar-refractivity contribution in [3.05, 3.63) is 16.6 Å². The van der Waals surface area contributed by atoms with E-state index in [1.54, 1.807) is 0 Å². The second kappa shape index (κ2) is 3.17. The summed E-state index contributed by atoms with van der Waals surface area (Å²) in [4.78, 5) is 10.5. The number of alkyl halides is 3. The van der Waals surface area contributed by atoms with Crippen molar-refractivity contribution < 1.29 is 18.7 Å². The molecule has 0 saturated heterocycles. The molecule has 0 amide bonds. The fourth-order valence-corrected chi connectivity index (χ4v) is 1.05. The molecule has 1 aliphatic rings. The molecule has 0 atom stereocenters. The van der Waals surface area contributed by atoms with Crippen LogP contribution in [0.2, 0.25) is 0 Å². The molecular formula is C6H6F3N5O. The Morgan fingerprint density at radius 3 is 2.73 bits per heavy atom. The molecule has 0 radical (unpaired) electrons. The van der Waals surface area contributed by atoms with Gasteiger partial charge in [0, 0.05) is 6.50 Å². The van der Waals surface area contributed by atoms with E-state index in [1.165, 1.54) is 0 Å². The van der Waals surface area contributed by atoms with E-state index < -0.39 is 37.4 Å². The lowest BCUT2D eigenvalue weighted by Crippen LogP contribution is -2.31. The van der Waals surface area contributed by atoms with E-state index in [-0.39, 0.29) is 9.58 Å². The van der Waals surface area contributed by atoms with Crippen molar-refractivity contribution in [2.45, 2.75) is 19.2 Å². The molecule has 0 saturated carbocycles. The summed E-state index contributed by atoms with van der Waals surface area (Å²) in [6.07, 6.45) is -4.99. The maximum Gasteiger partial charge on any atom is 0.451 e. The molecule has 82 valence electrons. The van der Waals surface area contributed by atoms with Gasteiger partial charge in [-0.3, -0.25) is 5.01 Å². The van der Waals surface area contributed by atoms with Crippen molar-refractivity contribution in [2.75, 3.05) is 6.50 Å². The topological polar surface area (TPSA) is 63.4 Å². The Hall–Kier alpha value is -1.67. The first-order chi connectivity index (χ1) is 8.53. The summed E-state index contributed by atoms with van der Waals surface area (Å²) in [7, 11) is 0. The number of hydrogen-bond donors (Lipinski definition) is 0. The van der Waals surface area contributed by atoms with Crippen LogP contribution in [-0.2, 0) is 19.2 Å². The Bertz CT molecular complexity index is 529. The first kappa shape index (κ1) is 6.03. The summed E-state index contributed by atoms with van der Waals surface area (Å²) in [5.74, 6) is -2.20. The highest BCUT2D eigenvalue weighted by Gasteiger charge is 2.39. The van der Waals surface area contributed by atoms with Gasteiger partial charge in [0.2, 0.25) is 5.82 Å². The highest BCUT2D eigenvalue weighted by Crippen LogP contribution is 2.29. The molecule has 0 aromatic carbocycles. The van der Waals surface area contributed by atoms with Crippen molar-refractivity contribution in [3.63, 3.8) is 0 Å². The van der Waals surface area contributed by atoms with Gasteiger partial charge in [-0.15, -0.1) is 15.1 Å². The number of hydrogen-bond acceptors (Lipinski definition) is 4. The predicted octanol–water partition coefficient (Wildman–Crippen LogP) is 0.794. The molecule has 0 bridgehead atoms. The first-order valence-corrected chi connectivity index (χ1v) is 3.66. The molecule has 6 nitrogen and oxygen atoms in total. The summed E-state index contributed by atoms with van der Waals surface area (Å²) < 4.78 is 67.9. The molecule has 1 aliphatic heterocycles. The molecule has 1 aromatic heterocycles. The average molecular weight is 225 g/mol. The van der Waals surface area contributed by atoms with Gasteiger partial charge in [0.05, 0.1) is 23.8 Å². The summed E-state index contributed by atoms with van der Waals surface area (Å²) in [6.45, 7) is -6.98. The number of aromatic nitrogens is 3. The van der Waals surface area contributed by atoms with E-state index in [0.717, 1.165) is 0 Å². The fourth-order valence-electron chi connectivity index (χ4n) is 1.05. The molecule has 15 heavy (non-hydrogen) atoms. The zero-order chi connectivity index (χ0) is 14.6. The SMILES string of the molecule is [2H]C1([2H])N(N=O)Cc2nnc(C(F)(F)F)n2C1([2H])[2H]. The number of fused-ring (bicyclic) bond motifs is 1. The number of nitrogens with zero attached hydrogens (tertiary/aromatic N) is 5. The molecule has 0 spiro atoms. The smallest absolute Gasteiger partial charge is 0.304 e. The summed E-state index contributed by atoms with van der Waals surface area (Å²) in [5.41, 5.74) is 0. The maximum absolute atomic E-state index is 12.7. The number of halogens is 3. The van der Waals surface area contributed by atoms with Crippen LogP contribution < -0.4 is 0 Å². The van der Waals surface area contributed by atoms with Crippen LogP contribution in [-0.4, -0.2) is 26.3 Å². The van der Waals surface area contributed by atoms with Gasteiger partial charge in [-0.05, 0) is 0 Å². The second-order valence-electron chi connectivity index (χ2n) is 2.64. The lowest BCUT2D eigenvalue weighted by molar-refractivity contribution is -0.148. The van der Waals surface area contributed by atoms with Gasteiger partial charge in [0.25, 0.3) is 0 Å². The van der Waals surface area contributed by atoms with E-state index in [0.29, 0.717) is 0 Å². The summed E-state index contributed by atoms with van der Waals surface area (Å²) >= 11 is 0. The van der Waals surface area contributed by atoms with E-state index in [9.17, 15) is 18.1 Å². The normalized spacial score (nSPS) is 27.0. The Morgan fingerprint density at radius 2 is 2.13 bits per heavy atom. The van der Waals surface area contributed by atoms with Crippen LogP contribution in [0.3, 0.4) is 0 Å². The third-order valence-corrected chi connectivity index (χ3v) is 1.66. The van der Waals surface area contributed by atoms with Crippen molar-refractivity contribution in [1.29, 1.82) is 0 Å². The third kappa shape index (κ3) is 1.64. The lowest BCUT2D eigenvalue weighted by Gasteiger charge is -2.22. The second-order valence-corrected chi connectivity index (χ2v) is 2.64. The predicted molar refractivity (Wildman–Crippen MR) is 41.2 cm³/mol. The van der Waals surface area contributed by atoms with Gasteiger partial charge < -0.3 is 4.57 Å². The molecule has 0 fully saturated rings. The van der Waals surface area contributed by atoms with Crippen LogP contribution >= 0.6 is 0 Å².